The summed E-state index contributed by atoms with van der Waals surface area (Å²) in [7, 11) is 0. The number of carbonyl (C=O) groups excluding carboxylic acids is 4. The van der Waals surface area contributed by atoms with Gasteiger partial charge in [-0.1, -0.05) is 142 Å². The number of aromatic nitrogens is 3. The van der Waals surface area contributed by atoms with Crippen molar-refractivity contribution in [3.63, 3.8) is 0 Å². The van der Waals surface area contributed by atoms with Crippen LogP contribution in [0.5, 0.6) is 0 Å². The fourth-order valence-electron chi connectivity index (χ4n) is 6.60. The molecule has 0 aliphatic rings. The van der Waals surface area contributed by atoms with E-state index in [2.05, 4.69) is 41.7 Å². The molecule has 16 nitrogen and oxygen atoms in total. The monoisotopic (exact) mass is 888 g/mol. The first-order valence-corrected chi connectivity index (χ1v) is 24.4. The molecular formula is C44H81N5O11S. The Hall–Kier alpha value is -2.83. The average molecular weight is 888 g/mol. The standard InChI is InChI=1S/C44H81N5O11S/c1-4-7-10-13-16-19-22-25-39(53)45-35(44(58)46-38-29-49(48-47-38)28-36(51)42(56)43(57)37(52)30-50)33-61-32-34(60-41(55)27-24-21-18-15-12-9-6-3)31-59-40(54)26-23-20-17-14-11-8-5-2/h29,34-37,42-43,50-52,56-57H,4-28,30-33H2,1-3H3,(H,45,53)(H,46,58)/t34-,35-,36+,37-,42+,43-/m1/s1. The minimum absolute atomic E-state index is 0.0102. The molecule has 0 saturated heterocycles. The van der Waals surface area contributed by atoms with Gasteiger partial charge in [0.15, 0.2) is 5.82 Å². The number of esters is 2. The van der Waals surface area contributed by atoms with Crippen molar-refractivity contribution in [2.45, 2.75) is 218 Å². The van der Waals surface area contributed by atoms with E-state index < -0.39 is 49.1 Å². The molecule has 0 aliphatic heterocycles. The Morgan fingerprint density at radius 2 is 1.16 bits per heavy atom. The van der Waals surface area contributed by atoms with Gasteiger partial charge in [-0.3, -0.25) is 19.2 Å². The second-order valence-electron chi connectivity index (χ2n) is 16.2. The van der Waals surface area contributed by atoms with Crippen LogP contribution in [0, 0.1) is 0 Å². The Kier molecular flexibility index (Phi) is 33.7. The highest BCUT2D eigenvalue weighted by Gasteiger charge is 2.31. The summed E-state index contributed by atoms with van der Waals surface area (Å²) >= 11 is 1.27. The number of rotatable bonds is 40. The highest BCUT2D eigenvalue weighted by Crippen LogP contribution is 2.16. The molecule has 0 unspecified atom stereocenters. The topological polar surface area (TPSA) is 243 Å². The summed E-state index contributed by atoms with van der Waals surface area (Å²) in [4.78, 5) is 52.3. The van der Waals surface area contributed by atoms with E-state index in [9.17, 15) is 39.6 Å². The molecule has 61 heavy (non-hydrogen) atoms. The molecule has 1 heterocycles. The third-order valence-electron chi connectivity index (χ3n) is 10.4. The first-order chi connectivity index (χ1) is 29.4. The van der Waals surface area contributed by atoms with E-state index in [1.54, 1.807) is 0 Å². The van der Waals surface area contributed by atoms with Crippen LogP contribution in [0.4, 0.5) is 5.82 Å². The van der Waals surface area contributed by atoms with E-state index in [0.717, 1.165) is 81.7 Å². The first kappa shape index (κ1) is 56.2. The highest BCUT2D eigenvalue weighted by molar-refractivity contribution is 7.99. The second kappa shape index (κ2) is 36.6. The number of ether oxygens (including phenoxy) is 2. The first-order valence-electron chi connectivity index (χ1n) is 23.2. The van der Waals surface area contributed by atoms with Crippen molar-refractivity contribution in [3.05, 3.63) is 6.20 Å². The normalized spacial score (nSPS) is 14.4. The number of hydrogen-bond acceptors (Lipinski definition) is 14. The van der Waals surface area contributed by atoms with E-state index in [-0.39, 0.29) is 67.6 Å². The number of nitrogens with one attached hydrogen (secondary N) is 2. The van der Waals surface area contributed by atoms with E-state index in [1.165, 1.54) is 62.9 Å². The summed E-state index contributed by atoms with van der Waals surface area (Å²) in [5.74, 6) is -1.33. The van der Waals surface area contributed by atoms with Crippen molar-refractivity contribution in [2.75, 3.05) is 30.0 Å². The number of aliphatic hydroxyl groups is 5. The van der Waals surface area contributed by atoms with Gasteiger partial charge < -0.3 is 45.6 Å². The molecule has 1 aromatic rings. The molecule has 0 aromatic carbocycles. The Bertz CT molecular complexity index is 1290. The van der Waals surface area contributed by atoms with Crippen molar-refractivity contribution in [2.24, 2.45) is 0 Å². The minimum atomic E-state index is -1.82. The van der Waals surface area contributed by atoms with Crippen molar-refractivity contribution >= 4 is 41.3 Å². The fraction of sp³-hybridized carbons (Fsp3) is 0.864. The molecule has 354 valence electrons. The second-order valence-corrected chi connectivity index (χ2v) is 17.3. The van der Waals surface area contributed by atoms with Crippen molar-refractivity contribution in [1.82, 2.24) is 20.3 Å². The van der Waals surface area contributed by atoms with Gasteiger partial charge in [0.05, 0.1) is 19.3 Å². The zero-order valence-corrected chi connectivity index (χ0v) is 38.3. The summed E-state index contributed by atoms with van der Waals surface area (Å²) < 4.78 is 12.5. The van der Waals surface area contributed by atoms with Crippen molar-refractivity contribution in [3.8, 4) is 0 Å². The molecule has 1 rings (SSSR count). The van der Waals surface area contributed by atoms with Crippen LogP contribution in [0.25, 0.3) is 0 Å². The van der Waals surface area contributed by atoms with Crippen molar-refractivity contribution in [1.29, 1.82) is 0 Å². The Morgan fingerprint density at radius 1 is 0.672 bits per heavy atom. The van der Waals surface area contributed by atoms with E-state index in [1.807, 2.05) is 0 Å². The van der Waals surface area contributed by atoms with Gasteiger partial charge in [0.2, 0.25) is 11.8 Å². The summed E-state index contributed by atoms with van der Waals surface area (Å²) in [6.45, 7) is 5.20. The maximum absolute atomic E-state index is 13.6. The molecule has 17 heteroatoms. The van der Waals surface area contributed by atoms with Crippen molar-refractivity contribution < 1.29 is 54.2 Å². The molecule has 6 atom stereocenters. The van der Waals surface area contributed by atoms with Crippen LogP contribution in [-0.2, 0) is 35.2 Å². The molecule has 2 amide bonds. The Labute approximate surface area is 369 Å². The number of hydrogen-bond donors (Lipinski definition) is 7. The third kappa shape index (κ3) is 28.5. The van der Waals surface area contributed by atoms with Crippen LogP contribution < -0.4 is 10.6 Å². The number of thioether (sulfide) groups is 1. The molecule has 7 N–H and O–H groups in total. The lowest BCUT2D eigenvalue weighted by molar-refractivity contribution is -0.157. The minimum Gasteiger partial charge on any atom is -0.462 e. The maximum Gasteiger partial charge on any atom is 0.306 e. The lowest BCUT2D eigenvalue weighted by atomic mass is 10.0. The molecule has 0 aliphatic carbocycles. The summed E-state index contributed by atoms with van der Waals surface area (Å²) in [5.41, 5.74) is 0. The lowest BCUT2D eigenvalue weighted by Crippen LogP contribution is -2.47. The van der Waals surface area contributed by atoms with E-state index in [4.69, 9.17) is 14.6 Å². The predicted molar refractivity (Wildman–Crippen MR) is 238 cm³/mol. The summed E-state index contributed by atoms with van der Waals surface area (Å²) in [6, 6.07) is -1.03. The zero-order chi connectivity index (χ0) is 45.1. The molecule has 0 fully saturated rings. The van der Waals surface area contributed by atoms with Gasteiger partial charge in [-0.05, 0) is 19.3 Å². The molecule has 0 spiro atoms. The lowest BCUT2D eigenvalue weighted by Gasteiger charge is -2.25. The number of carbonyl (C=O) groups is 4. The largest absolute Gasteiger partial charge is 0.462 e. The Morgan fingerprint density at radius 3 is 1.70 bits per heavy atom. The van der Waals surface area contributed by atoms with Gasteiger partial charge in [0, 0.05) is 30.8 Å². The average Bonchev–Trinajstić information content (AvgIpc) is 3.69. The van der Waals surface area contributed by atoms with Gasteiger partial charge in [0.25, 0.3) is 0 Å². The van der Waals surface area contributed by atoms with E-state index in [0.29, 0.717) is 12.8 Å². The van der Waals surface area contributed by atoms with Crippen LogP contribution in [0.3, 0.4) is 0 Å². The fourth-order valence-corrected chi connectivity index (χ4v) is 7.64. The van der Waals surface area contributed by atoms with Crippen LogP contribution in [-0.4, -0.2) is 126 Å². The summed E-state index contributed by atoms with van der Waals surface area (Å²) in [6.07, 6.45) is 16.5. The molecular weight excluding hydrogens is 807 g/mol. The van der Waals surface area contributed by atoms with Crippen LogP contribution in [0.15, 0.2) is 6.20 Å². The SMILES string of the molecule is CCCCCCCCCC(=O)N[C@H](CSC[C@@H](COC(=O)CCCCCCCCC)OC(=O)CCCCCCCCC)C(=O)Nc1cn(C[C@H](O)[C@H](O)[C@H](O)[C@H](O)CO)nn1. The molecule has 0 bridgehead atoms. The van der Waals surface area contributed by atoms with Crippen LogP contribution in [0.1, 0.15) is 175 Å². The number of anilines is 1. The molecule has 0 radical (unpaired) electrons. The smallest absolute Gasteiger partial charge is 0.306 e. The van der Waals surface area contributed by atoms with Gasteiger partial charge >= 0.3 is 11.9 Å². The molecule has 0 saturated carbocycles. The number of amides is 2. The number of aliphatic hydroxyl groups excluding tert-OH is 5. The highest BCUT2D eigenvalue weighted by atomic mass is 32.2. The van der Waals surface area contributed by atoms with Gasteiger partial charge in [-0.25, -0.2) is 4.68 Å². The number of unbranched alkanes of at least 4 members (excludes halogenated alkanes) is 18. The number of nitrogens with zero attached hydrogens (tertiary/aromatic N) is 3. The van der Waals surface area contributed by atoms with Gasteiger partial charge in [0.1, 0.15) is 43.2 Å². The van der Waals surface area contributed by atoms with Gasteiger partial charge in [-0.2, -0.15) is 11.8 Å². The maximum atomic E-state index is 13.6. The van der Waals surface area contributed by atoms with Gasteiger partial charge in [-0.15, -0.1) is 5.10 Å². The predicted octanol–water partition coefficient (Wildman–Crippen LogP) is 5.75. The Balaban J connectivity index is 2.95. The summed E-state index contributed by atoms with van der Waals surface area (Å²) in [5, 5.41) is 62.3. The third-order valence-corrected chi connectivity index (χ3v) is 11.6. The van der Waals surface area contributed by atoms with E-state index >= 15 is 0 Å². The zero-order valence-electron chi connectivity index (χ0n) is 37.5. The van der Waals surface area contributed by atoms with Crippen LogP contribution in [0.2, 0.25) is 0 Å². The van der Waals surface area contributed by atoms with Crippen LogP contribution >= 0.6 is 11.8 Å². The quantitative estimate of drug-likeness (QED) is 0.0307. The molecule has 1 aromatic heterocycles.